The Hall–Kier alpha value is -2.12. The highest BCUT2D eigenvalue weighted by Gasteiger charge is 2.23. The van der Waals surface area contributed by atoms with Crippen LogP contribution >= 0.6 is 0 Å². The Kier molecular flexibility index (Phi) is 6.01. The van der Waals surface area contributed by atoms with Crippen LogP contribution in [-0.4, -0.2) is 53.1 Å². The summed E-state index contributed by atoms with van der Waals surface area (Å²) in [7, 11) is -1.61. The molecule has 0 aromatic heterocycles. The summed E-state index contributed by atoms with van der Waals surface area (Å²) in [6.07, 6.45) is 1.07. The Bertz CT molecular complexity index is 885. The van der Waals surface area contributed by atoms with E-state index in [-0.39, 0.29) is 9.79 Å². The summed E-state index contributed by atoms with van der Waals surface area (Å²) in [4.78, 5) is 4.90. The van der Waals surface area contributed by atoms with Crippen LogP contribution in [0.2, 0.25) is 0 Å². The largest absolute Gasteiger partial charge is 0.384 e. The summed E-state index contributed by atoms with van der Waals surface area (Å²) in [5.41, 5.74) is 1.59. The lowest BCUT2D eigenvalue weighted by Gasteiger charge is -2.24. The number of halogens is 1. The molecule has 1 aliphatic rings. The van der Waals surface area contributed by atoms with Crippen molar-refractivity contribution in [3.8, 4) is 0 Å². The Balaban J connectivity index is 1.97. The predicted octanol–water partition coefficient (Wildman–Crippen LogP) is 3.23. The van der Waals surface area contributed by atoms with E-state index in [2.05, 4.69) is 22.2 Å². The smallest absolute Gasteiger partial charge is 0.208 e. The lowest BCUT2D eigenvalue weighted by Crippen LogP contribution is -2.28. The molecule has 0 saturated carbocycles. The molecule has 1 saturated heterocycles. The number of rotatable bonds is 5. The zero-order valence-corrected chi connectivity index (χ0v) is 16.6. The second kappa shape index (κ2) is 8.27. The van der Waals surface area contributed by atoms with Crippen LogP contribution in [0, 0.1) is 5.82 Å². The van der Waals surface area contributed by atoms with Crippen molar-refractivity contribution >= 4 is 21.2 Å². The third-order valence-electron chi connectivity index (χ3n) is 4.83. The molecule has 0 bridgehead atoms. The van der Waals surface area contributed by atoms with Crippen LogP contribution in [0.3, 0.4) is 0 Å². The molecule has 1 aliphatic heterocycles. The highest BCUT2D eigenvalue weighted by Crippen LogP contribution is 2.32. The summed E-state index contributed by atoms with van der Waals surface area (Å²) in [5, 5.41) is 3.18. The molecular formula is C20H26FN3O2S. The topological polar surface area (TPSA) is 52.6 Å². The van der Waals surface area contributed by atoms with E-state index in [0.29, 0.717) is 12.2 Å². The molecule has 0 spiro atoms. The van der Waals surface area contributed by atoms with E-state index in [9.17, 15) is 12.8 Å². The van der Waals surface area contributed by atoms with Gasteiger partial charge in [0, 0.05) is 31.9 Å². The molecule has 1 fully saturated rings. The zero-order valence-electron chi connectivity index (χ0n) is 15.8. The molecule has 0 radical (unpaired) electrons. The average Bonchev–Trinajstić information content (AvgIpc) is 2.87. The maximum Gasteiger partial charge on any atom is 0.208 e. The van der Waals surface area contributed by atoms with Gasteiger partial charge in [0.1, 0.15) is 5.82 Å². The van der Waals surface area contributed by atoms with Crippen molar-refractivity contribution < 1.29 is 12.8 Å². The Morgan fingerprint density at radius 2 is 1.78 bits per heavy atom. The van der Waals surface area contributed by atoms with Gasteiger partial charge in [0.05, 0.1) is 15.5 Å². The Morgan fingerprint density at radius 3 is 2.48 bits per heavy atom. The molecule has 0 aliphatic carbocycles. The van der Waals surface area contributed by atoms with Gasteiger partial charge in [-0.05, 0) is 69.4 Å². The van der Waals surface area contributed by atoms with Gasteiger partial charge < -0.3 is 15.1 Å². The molecule has 0 atom stereocenters. The van der Waals surface area contributed by atoms with Crippen LogP contribution in [0.5, 0.6) is 0 Å². The highest BCUT2D eigenvalue weighted by molar-refractivity contribution is 7.91. The lowest BCUT2D eigenvalue weighted by molar-refractivity contribution is 0.360. The summed E-state index contributed by atoms with van der Waals surface area (Å²) in [6, 6.07) is 10.4. The zero-order chi connectivity index (χ0) is 19.4. The first-order chi connectivity index (χ1) is 12.9. The van der Waals surface area contributed by atoms with Crippen molar-refractivity contribution in [1.29, 1.82) is 0 Å². The van der Waals surface area contributed by atoms with Crippen molar-refractivity contribution in [1.82, 2.24) is 4.90 Å². The van der Waals surface area contributed by atoms with Crippen LogP contribution in [-0.2, 0) is 9.84 Å². The molecule has 3 rings (SSSR count). The fourth-order valence-electron chi connectivity index (χ4n) is 3.32. The van der Waals surface area contributed by atoms with Gasteiger partial charge in [0.2, 0.25) is 9.84 Å². The van der Waals surface area contributed by atoms with E-state index in [4.69, 9.17) is 0 Å². The van der Waals surface area contributed by atoms with Crippen molar-refractivity contribution in [2.45, 2.75) is 23.1 Å². The molecular weight excluding hydrogens is 365 g/mol. The van der Waals surface area contributed by atoms with E-state index in [1.165, 1.54) is 24.3 Å². The Labute approximate surface area is 160 Å². The molecule has 1 N–H and O–H groups in total. The van der Waals surface area contributed by atoms with Crippen molar-refractivity contribution in [3.05, 3.63) is 48.3 Å². The fraction of sp³-hybridized carbons (Fsp3) is 0.400. The number of nitrogens with zero attached hydrogens (tertiary/aromatic N) is 2. The summed E-state index contributed by atoms with van der Waals surface area (Å²) >= 11 is 0. The van der Waals surface area contributed by atoms with Crippen molar-refractivity contribution in [2.24, 2.45) is 0 Å². The second-order valence-electron chi connectivity index (χ2n) is 6.81. The minimum atomic E-state index is -3.73. The molecule has 0 unspecified atom stereocenters. The number of benzene rings is 2. The van der Waals surface area contributed by atoms with Crippen LogP contribution in [0.25, 0.3) is 0 Å². The lowest BCUT2D eigenvalue weighted by atomic mass is 10.2. The standard InChI is InChI=1S/C20H26FN3O2S/c1-3-22-19-15-17(24-12-4-11-23(2)13-14-24)7-10-20(19)27(25,26)18-8-5-16(21)6-9-18/h5-10,15,22H,3-4,11-14H2,1-2H3. The van der Waals surface area contributed by atoms with E-state index >= 15 is 0 Å². The third kappa shape index (κ3) is 4.42. The second-order valence-corrected chi connectivity index (χ2v) is 8.73. The monoisotopic (exact) mass is 391 g/mol. The van der Waals surface area contributed by atoms with Gasteiger partial charge in [-0.3, -0.25) is 0 Å². The van der Waals surface area contributed by atoms with Crippen LogP contribution in [0.1, 0.15) is 13.3 Å². The summed E-state index contributed by atoms with van der Waals surface area (Å²) in [5.74, 6) is -0.456. The normalized spacial score (nSPS) is 16.2. The number of hydrogen-bond donors (Lipinski definition) is 1. The van der Waals surface area contributed by atoms with E-state index in [0.717, 1.165) is 38.3 Å². The first-order valence-electron chi connectivity index (χ1n) is 9.24. The van der Waals surface area contributed by atoms with Gasteiger partial charge in [0.25, 0.3) is 0 Å². The highest BCUT2D eigenvalue weighted by atomic mass is 32.2. The molecule has 0 amide bonds. The third-order valence-corrected chi connectivity index (χ3v) is 6.66. The quantitative estimate of drug-likeness (QED) is 0.793. The maximum atomic E-state index is 13.2. The molecule has 1 heterocycles. The molecule has 2 aromatic rings. The first-order valence-corrected chi connectivity index (χ1v) is 10.7. The van der Waals surface area contributed by atoms with Gasteiger partial charge in [-0.1, -0.05) is 0 Å². The number of anilines is 2. The van der Waals surface area contributed by atoms with E-state index in [1.807, 2.05) is 19.1 Å². The van der Waals surface area contributed by atoms with E-state index < -0.39 is 15.7 Å². The molecule has 5 nitrogen and oxygen atoms in total. The van der Waals surface area contributed by atoms with Crippen LogP contribution in [0.4, 0.5) is 15.8 Å². The summed E-state index contributed by atoms with van der Waals surface area (Å²) in [6.45, 7) is 6.44. The minimum absolute atomic E-state index is 0.0900. The number of sulfone groups is 1. The van der Waals surface area contributed by atoms with Gasteiger partial charge >= 0.3 is 0 Å². The number of hydrogen-bond acceptors (Lipinski definition) is 5. The Morgan fingerprint density at radius 1 is 1.04 bits per heavy atom. The molecule has 27 heavy (non-hydrogen) atoms. The summed E-state index contributed by atoms with van der Waals surface area (Å²) < 4.78 is 39.3. The fourth-order valence-corrected chi connectivity index (χ4v) is 4.74. The maximum absolute atomic E-state index is 13.2. The van der Waals surface area contributed by atoms with Crippen LogP contribution < -0.4 is 10.2 Å². The van der Waals surface area contributed by atoms with Crippen molar-refractivity contribution in [3.63, 3.8) is 0 Å². The van der Waals surface area contributed by atoms with Gasteiger partial charge in [-0.15, -0.1) is 0 Å². The van der Waals surface area contributed by atoms with Gasteiger partial charge in [-0.25, -0.2) is 12.8 Å². The number of nitrogens with one attached hydrogen (secondary N) is 1. The average molecular weight is 392 g/mol. The van der Waals surface area contributed by atoms with Gasteiger partial charge in [-0.2, -0.15) is 0 Å². The molecule has 2 aromatic carbocycles. The van der Waals surface area contributed by atoms with Gasteiger partial charge in [0.15, 0.2) is 0 Å². The molecule has 146 valence electrons. The van der Waals surface area contributed by atoms with Crippen molar-refractivity contribution in [2.75, 3.05) is 50.0 Å². The minimum Gasteiger partial charge on any atom is -0.384 e. The van der Waals surface area contributed by atoms with E-state index in [1.54, 1.807) is 6.07 Å². The first kappa shape index (κ1) is 19.6. The van der Waals surface area contributed by atoms with Crippen LogP contribution in [0.15, 0.2) is 52.3 Å². The molecule has 7 heteroatoms. The SMILES string of the molecule is CCNc1cc(N2CCCN(C)CC2)ccc1S(=O)(=O)c1ccc(F)cc1. The number of likely N-dealkylation sites (N-methyl/N-ethyl adjacent to an activating group) is 1. The predicted molar refractivity (Wildman–Crippen MR) is 107 cm³/mol.